The van der Waals surface area contributed by atoms with Gasteiger partial charge in [-0.05, 0) is 29.4 Å². The zero-order chi connectivity index (χ0) is 18.2. The molecule has 0 radical (unpaired) electrons. The minimum atomic E-state index is -2.26. The lowest BCUT2D eigenvalue weighted by molar-refractivity contribution is 0.567. The van der Waals surface area contributed by atoms with Crippen LogP contribution in [0, 0.1) is 11.3 Å². The fraction of sp³-hybridized carbons (Fsp3) is 0.667. The van der Waals surface area contributed by atoms with Gasteiger partial charge in [0.1, 0.15) is 0 Å². The Balaban J connectivity index is 2.94. The van der Waals surface area contributed by atoms with Crippen LogP contribution in [0.1, 0.15) is 77.3 Å². The highest BCUT2D eigenvalue weighted by Gasteiger charge is 2.27. The van der Waals surface area contributed by atoms with Crippen LogP contribution < -0.4 is 0 Å². The van der Waals surface area contributed by atoms with Crippen LogP contribution in [-0.2, 0) is 9.98 Å². The fourth-order valence-electron chi connectivity index (χ4n) is 2.96. The molecule has 0 aliphatic rings. The lowest BCUT2D eigenvalue weighted by atomic mass is 9.86. The molecule has 0 aliphatic heterocycles. The number of hydrogen-bond donors (Lipinski definition) is 0. The largest absolute Gasteiger partial charge is 0.323 e. The Hall–Kier alpha value is -1.06. The molecule has 0 N–H and O–H groups in total. The van der Waals surface area contributed by atoms with Crippen LogP contribution in [-0.4, -0.2) is 18.5 Å². The highest BCUT2D eigenvalue weighted by molar-refractivity contribution is 7.63. The van der Waals surface area contributed by atoms with E-state index < -0.39 is 7.14 Å². The maximum atomic E-state index is 13.3. The average Bonchev–Trinajstić information content (AvgIpc) is 2.56. The van der Waals surface area contributed by atoms with Crippen molar-refractivity contribution in [2.75, 3.05) is 18.5 Å². The summed E-state index contributed by atoms with van der Waals surface area (Å²) in [6.07, 6.45) is 6.26. The summed E-state index contributed by atoms with van der Waals surface area (Å²) >= 11 is 0. The Morgan fingerprint density at radius 1 is 1.04 bits per heavy atom. The Morgan fingerprint density at radius 3 is 1.92 bits per heavy atom. The lowest BCUT2D eigenvalue weighted by Gasteiger charge is -2.22. The standard InChI is InChI=1S/C21H34NOP/c1-6-8-14-24(23,15-9-7-2)17-19(16-22)18-10-12-20(13-11-18)21(3,4)5/h10-13,19H,6-9,14-15,17H2,1-5H3/t19-/m1/s1. The number of nitriles is 1. The highest BCUT2D eigenvalue weighted by atomic mass is 31.2. The zero-order valence-corrected chi connectivity index (χ0v) is 17.0. The molecule has 1 aromatic rings. The third-order valence-corrected chi connectivity index (χ3v) is 7.98. The summed E-state index contributed by atoms with van der Waals surface area (Å²) in [4.78, 5) is 0. The van der Waals surface area contributed by atoms with Crippen LogP contribution >= 0.6 is 7.14 Å². The van der Waals surface area contributed by atoms with Crippen molar-refractivity contribution in [3.8, 4) is 6.07 Å². The van der Waals surface area contributed by atoms with Crippen molar-refractivity contribution in [1.29, 1.82) is 5.26 Å². The van der Waals surface area contributed by atoms with Gasteiger partial charge < -0.3 is 4.57 Å². The van der Waals surface area contributed by atoms with E-state index in [0.29, 0.717) is 6.16 Å². The topological polar surface area (TPSA) is 40.9 Å². The van der Waals surface area contributed by atoms with Gasteiger partial charge in [0.15, 0.2) is 0 Å². The highest BCUT2D eigenvalue weighted by Crippen LogP contribution is 2.50. The third-order valence-electron chi connectivity index (χ3n) is 4.69. The van der Waals surface area contributed by atoms with Crippen molar-refractivity contribution in [2.45, 2.75) is 71.6 Å². The third kappa shape index (κ3) is 6.45. The van der Waals surface area contributed by atoms with Crippen LogP contribution in [0.2, 0.25) is 0 Å². The van der Waals surface area contributed by atoms with Gasteiger partial charge in [-0.2, -0.15) is 5.26 Å². The molecule has 0 fully saturated rings. The van der Waals surface area contributed by atoms with E-state index in [4.69, 9.17) is 0 Å². The fourth-order valence-corrected chi connectivity index (χ4v) is 6.29. The molecule has 0 aliphatic carbocycles. The molecular formula is C21H34NOP. The summed E-state index contributed by atoms with van der Waals surface area (Å²) < 4.78 is 13.3. The van der Waals surface area contributed by atoms with E-state index in [1.807, 2.05) is 0 Å². The first-order valence-corrected chi connectivity index (χ1v) is 11.6. The smallest absolute Gasteiger partial charge is 0.0893 e. The number of benzene rings is 1. The van der Waals surface area contributed by atoms with Gasteiger partial charge in [0, 0.05) is 18.5 Å². The quantitative estimate of drug-likeness (QED) is 0.475. The molecular weight excluding hydrogens is 313 g/mol. The predicted octanol–water partition coefficient (Wildman–Crippen LogP) is 6.55. The van der Waals surface area contributed by atoms with Crippen molar-refractivity contribution in [3.05, 3.63) is 35.4 Å². The molecule has 0 heterocycles. The first-order valence-electron chi connectivity index (χ1n) is 9.33. The molecule has 0 saturated heterocycles. The lowest BCUT2D eigenvalue weighted by Crippen LogP contribution is -2.12. The summed E-state index contributed by atoms with van der Waals surface area (Å²) in [5.41, 5.74) is 2.39. The Labute approximate surface area is 149 Å². The number of rotatable bonds is 9. The summed E-state index contributed by atoms with van der Waals surface area (Å²) in [5, 5.41) is 9.65. The van der Waals surface area contributed by atoms with E-state index in [-0.39, 0.29) is 11.3 Å². The van der Waals surface area contributed by atoms with E-state index in [0.717, 1.165) is 43.6 Å². The van der Waals surface area contributed by atoms with Crippen LogP contribution in [0.4, 0.5) is 0 Å². The summed E-state index contributed by atoms with van der Waals surface area (Å²) in [5.74, 6) is -0.251. The molecule has 1 atom stereocenters. The van der Waals surface area contributed by atoms with Gasteiger partial charge in [-0.15, -0.1) is 0 Å². The summed E-state index contributed by atoms with van der Waals surface area (Å²) in [6.45, 7) is 10.8. The van der Waals surface area contributed by atoms with Crippen molar-refractivity contribution >= 4 is 7.14 Å². The van der Waals surface area contributed by atoms with Gasteiger partial charge in [-0.1, -0.05) is 71.7 Å². The van der Waals surface area contributed by atoms with Gasteiger partial charge in [-0.3, -0.25) is 0 Å². The van der Waals surface area contributed by atoms with E-state index in [1.54, 1.807) is 0 Å². The van der Waals surface area contributed by atoms with Crippen LogP contribution in [0.5, 0.6) is 0 Å². The molecule has 1 rings (SSSR count). The maximum absolute atomic E-state index is 13.3. The van der Waals surface area contributed by atoms with E-state index in [2.05, 4.69) is 65.0 Å². The van der Waals surface area contributed by atoms with Crippen LogP contribution in [0.15, 0.2) is 24.3 Å². The Bertz CT molecular complexity index is 565. The van der Waals surface area contributed by atoms with Gasteiger partial charge in [-0.25, -0.2) is 0 Å². The molecule has 134 valence electrons. The van der Waals surface area contributed by atoms with Crippen LogP contribution in [0.3, 0.4) is 0 Å². The van der Waals surface area contributed by atoms with E-state index >= 15 is 0 Å². The average molecular weight is 347 g/mol. The van der Waals surface area contributed by atoms with Gasteiger partial charge in [0.25, 0.3) is 0 Å². The normalized spacial score (nSPS) is 13.5. The molecule has 2 nitrogen and oxygen atoms in total. The second kappa shape index (κ2) is 9.43. The maximum Gasteiger partial charge on any atom is 0.0893 e. The van der Waals surface area contributed by atoms with E-state index in [1.165, 1.54) is 5.56 Å². The Morgan fingerprint density at radius 2 is 1.54 bits per heavy atom. The molecule has 3 heteroatoms. The molecule has 0 spiro atoms. The molecule has 1 aromatic carbocycles. The van der Waals surface area contributed by atoms with Crippen LogP contribution in [0.25, 0.3) is 0 Å². The second-order valence-electron chi connectivity index (χ2n) is 7.95. The van der Waals surface area contributed by atoms with Gasteiger partial charge >= 0.3 is 0 Å². The molecule has 0 bridgehead atoms. The minimum Gasteiger partial charge on any atom is -0.323 e. The summed E-state index contributed by atoms with van der Waals surface area (Å²) in [7, 11) is -2.26. The number of hydrogen-bond acceptors (Lipinski definition) is 2. The zero-order valence-electron chi connectivity index (χ0n) is 16.1. The predicted molar refractivity (Wildman–Crippen MR) is 106 cm³/mol. The minimum absolute atomic E-state index is 0.109. The number of nitrogens with zero attached hydrogens (tertiary/aromatic N) is 1. The summed E-state index contributed by atoms with van der Waals surface area (Å²) in [6, 6.07) is 10.7. The second-order valence-corrected chi connectivity index (χ2v) is 11.3. The SMILES string of the molecule is CCCCP(=O)(CCCC)C[C@@H](C#N)c1ccc(C(C)(C)C)cc1. The molecule has 0 saturated carbocycles. The van der Waals surface area contributed by atoms with Gasteiger partial charge in [0.2, 0.25) is 0 Å². The Kier molecular flexibility index (Phi) is 8.24. The molecule has 0 aromatic heterocycles. The van der Waals surface area contributed by atoms with Crippen molar-refractivity contribution < 1.29 is 4.57 Å². The van der Waals surface area contributed by atoms with Gasteiger partial charge in [0.05, 0.1) is 19.1 Å². The first kappa shape index (κ1) is 21.0. The monoisotopic (exact) mass is 347 g/mol. The number of unbranched alkanes of at least 4 members (excludes halogenated alkanes) is 2. The molecule has 24 heavy (non-hydrogen) atoms. The first-order chi connectivity index (χ1) is 11.3. The molecule has 0 unspecified atom stereocenters. The van der Waals surface area contributed by atoms with Crippen molar-refractivity contribution in [2.24, 2.45) is 0 Å². The van der Waals surface area contributed by atoms with E-state index in [9.17, 15) is 9.83 Å². The van der Waals surface area contributed by atoms with Crippen molar-refractivity contribution in [3.63, 3.8) is 0 Å². The van der Waals surface area contributed by atoms with Crippen molar-refractivity contribution in [1.82, 2.24) is 0 Å². The molecule has 0 amide bonds.